The van der Waals surface area contributed by atoms with Crippen molar-refractivity contribution >= 4 is 65.9 Å². The fourth-order valence-corrected chi connectivity index (χ4v) is 6.83. The van der Waals surface area contributed by atoms with E-state index in [1.807, 2.05) is 0 Å². The summed E-state index contributed by atoms with van der Waals surface area (Å²) in [6, 6.07) is 57.1. The normalized spacial score (nSPS) is 11.8. The molecule has 0 N–H and O–H groups in total. The van der Waals surface area contributed by atoms with Crippen molar-refractivity contribution < 1.29 is 0 Å². The molecule has 0 atom stereocenters. The van der Waals surface area contributed by atoms with Gasteiger partial charge in [0.05, 0.1) is 16.6 Å². The van der Waals surface area contributed by atoms with Crippen molar-refractivity contribution in [3.8, 4) is 11.1 Å². The lowest BCUT2D eigenvalue weighted by molar-refractivity contribution is 1.28. The highest BCUT2D eigenvalue weighted by atomic mass is 15.1. The molecule has 0 aliphatic carbocycles. The van der Waals surface area contributed by atoms with Crippen LogP contribution in [-0.4, -0.2) is 4.40 Å². The number of fused-ring (bicyclic) bond motifs is 6. The summed E-state index contributed by atoms with van der Waals surface area (Å²) < 4.78 is 2.47. The molecule has 0 unspecified atom stereocenters. The van der Waals surface area contributed by atoms with E-state index < -0.39 is 0 Å². The summed E-state index contributed by atoms with van der Waals surface area (Å²) in [7, 11) is 0. The van der Waals surface area contributed by atoms with Crippen LogP contribution < -0.4 is 4.90 Å². The van der Waals surface area contributed by atoms with Crippen molar-refractivity contribution in [2.45, 2.75) is 0 Å². The first-order valence-electron chi connectivity index (χ1n) is 14.5. The molecular formula is C40H26N2. The average Bonchev–Trinajstić information content (AvgIpc) is 3.40. The Hall–Kier alpha value is -5.60. The number of aromatic nitrogens is 1. The molecule has 42 heavy (non-hydrogen) atoms. The highest BCUT2D eigenvalue weighted by Crippen LogP contribution is 2.43. The van der Waals surface area contributed by atoms with Gasteiger partial charge in [0.25, 0.3) is 0 Å². The third-order valence-corrected chi connectivity index (χ3v) is 8.69. The van der Waals surface area contributed by atoms with Gasteiger partial charge in [0.1, 0.15) is 0 Å². The van der Waals surface area contributed by atoms with Crippen molar-refractivity contribution in [3.05, 3.63) is 158 Å². The summed E-state index contributed by atoms with van der Waals surface area (Å²) in [6.07, 6.45) is 0. The maximum Gasteiger partial charge on any atom is 0.0626 e. The van der Waals surface area contributed by atoms with Crippen LogP contribution in [0.15, 0.2) is 158 Å². The summed E-state index contributed by atoms with van der Waals surface area (Å²) in [5.74, 6) is 0. The third-order valence-electron chi connectivity index (χ3n) is 8.69. The molecule has 9 rings (SSSR count). The van der Waals surface area contributed by atoms with E-state index in [1.165, 1.54) is 60.0 Å². The standard InChI is InChI=1S/C40H26N2/c1-3-10-27(11-4-1)28-18-21-31(22-19-28)41(30-13-5-2-6-14-30)32-23-25-38-36(26-32)35-24-20-29-12-9-16-34-33-15-7-8-17-37(33)42(38)40(35)39(29)34/h1-26H. The molecule has 2 aromatic heterocycles. The summed E-state index contributed by atoms with van der Waals surface area (Å²) in [4.78, 5) is 2.36. The largest absolute Gasteiger partial charge is 0.310 e. The van der Waals surface area contributed by atoms with Gasteiger partial charge in [-0.1, -0.05) is 109 Å². The molecule has 2 heteroatoms. The van der Waals surface area contributed by atoms with E-state index in [-0.39, 0.29) is 0 Å². The molecule has 0 saturated heterocycles. The Morgan fingerprint density at radius 1 is 0.381 bits per heavy atom. The molecule has 0 saturated carbocycles. The van der Waals surface area contributed by atoms with Crippen molar-refractivity contribution in [2.24, 2.45) is 0 Å². The fourth-order valence-electron chi connectivity index (χ4n) is 6.83. The van der Waals surface area contributed by atoms with Crippen LogP contribution in [0.5, 0.6) is 0 Å². The summed E-state index contributed by atoms with van der Waals surface area (Å²) in [6.45, 7) is 0. The SMILES string of the molecule is c1ccc(-c2ccc(N(c3ccccc3)c3ccc4c(c3)c3ccc5cccc6c7ccccc7n4c3c56)cc2)cc1. The van der Waals surface area contributed by atoms with Crippen LogP contribution in [0.1, 0.15) is 0 Å². The Kier molecular flexibility index (Phi) is 4.93. The van der Waals surface area contributed by atoms with Gasteiger partial charge in [-0.05, 0) is 70.4 Å². The van der Waals surface area contributed by atoms with Crippen LogP contribution in [0.2, 0.25) is 0 Å². The van der Waals surface area contributed by atoms with E-state index >= 15 is 0 Å². The number of hydrogen-bond acceptors (Lipinski definition) is 1. The van der Waals surface area contributed by atoms with Crippen LogP contribution in [0.3, 0.4) is 0 Å². The first-order valence-corrected chi connectivity index (χ1v) is 14.5. The predicted molar refractivity (Wildman–Crippen MR) is 179 cm³/mol. The van der Waals surface area contributed by atoms with Crippen LogP contribution in [-0.2, 0) is 0 Å². The van der Waals surface area contributed by atoms with Crippen LogP contribution in [0, 0.1) is 0 Å². The first kappa shape index (κ1) is 23.1. The number of anilines is 3. The molecule has 0 fully saturated rings. The van der Waals surface area contributed by atoms with Gasteiger partial charge in [-0.25, -0.2) is 0 Å². The zero-order valence-corrected chi connectivity index (χ0v) is 22.9. The Bertz CT molecular complexity index is 2370. The van der Waals surface area contributed by atoms with Gasteiger partial charge < -0.3 is 9.30 Å². The van der Waals surface area contributed by atoms with Gasteiger partial charge >= 0.3 is 0 Å². The van der Waals surface area contributed by atoms with Gasteiger partial charge in [0.2, 0.25) is 0 Å². The smallest absolute Gasteiger partial charge is 0.0626 e. The Morgan fingerprint density at radius 3 is 1.86 bits per heavy atom. The lowest BCUT2D eigenvalue weighted by Crippen LogP contribution is -2.09. The molecule has 196 valence electrons. The van der Waals surface area contributed by atoms with Gasteiger partial charge in [-0.3, -0.25) is 0 Å². The average molecular weight is 535 g/mol. The number of nitrogens with zero attached hydrogens (tertiary/aromatic N) is 2. The van der Waals surface area contributed by atoms with Crippen LogP contribution >= 0.6 is 0 Å². The van der Waals surface area contributed by atoms with E-state index in [9.17, 15) is 0 Å². The Balaban J connectivity index is 1.30. The second kappa shape index (κ2) is 8.95. The Morgan fingerprint density at radius 2 is 1.02 bits per heavy atom. The molecular weight excluding hydrogens is 508 g/mol. The number of benzene rings is 7. The molecule has 0 bridgehead atoms. The molecule has 2 nitrogen and oxygen atoms in total. The van der Waals surface area contributed by atoms with E-state index in [0.717, 1.165) is 17.1 Å². The summed E-state index contributed by atoms with van der Waals surface area (Å²) >= 11 is 0. The maximum absolute atomic E-state index is 2.47. The quantitative estimate of drug-likeness (QED) is 0.161. The number of hydrogen-bond donors (Lipinski definition) is 0. The van der Waals surface area contributed by atoms with Gasteiger partial charge in [0.15, 0.2) is 0 Å². The number of rotatable bonds is 4. The summed E-state index contributed by atoms with van der Waals surface area (Å²) in [5.41, 5.74) is 9.62. The van der Waals surface area contributed by atoms with Crippen molar-refractivity contribution in [2.75, 3.05) is 4.90 Å². The fraction of sp³-hybridized carbons (Fsp3) is 0. The molecule has 2 heterocycles. The highest BCUT2D eigenvalue weighted by molar-refractivity contribution is 6.28. The third kappa shape index (κ3) is 3.33. The monoisotopic (exact) mass is 534 g/mol. The molecule has 7 aromatic carbocycles. The number of para-hydroxylation sites is 2. The zero-order chi connectivity index (χ0) is 27.6. The molecule has 0 radical (unpaired) electrons. The summed E-state index contributed by atoms with van der Waals surface area (Å²) in [5, 5.41) is 7.76. The van der Waals surface area contributed by atoms with Crippen molar-refractivity contribution in [1.29, 1.82) is 0 Å². The molecule has 9 aromatic rings. The minimum Gasteiger partial charge on any atom is -0.310 e. The van der Waals surface area contributed by atoms with E-state index in [2.05, 4.69) is 167 Å². The molecule has 0 amide bonds. The van der Waals surface area contributed by atoms with Gasteiger partial charge in [-0.2, -0.15) is 0 Å². The predicted octanol–water partition coefficient (Wildman–Crippen LogP) is 11.1. The lowest BCUT2D eigenvalue weighted by atomic mass is 9.99. The molecule has 0 spiro atoms. The van der Waals surface area contributed by atoms with E-state index in [4.69, 9.17) is 0 Å². The first-order chi connectivity index (χ1) is 20.8. The second-order valence-electron chi connectivity index (χ2n) is 11.0. The van der Waals surface area contributed by atoms with Crippen molar-refractivity contribution in [3.63, 3.8) is 0 Å². The second-order valence-corrected chi connectivity index (χ2v) is 11.0. The van der Waals surface area contributed by atoms with E-state index in [0.29, 0.717) is 0 Å². The van der Waals surface area contributed by atoms with Gasteiger partial charge in [-0.15, -0.1) is 0 Å². The lowest BCUT2D eigenvalue weighted by Gasteiger charge is -2.26. The minimum absolute atomic E-state index is 1.13. The van der Waals surface area contributed by atoms with Crippen LogP contribution in [0.25, 0.3) is 60.0 Å². The van der Waals surface area contributed by atoms with Crippen LogP contribution in [0.4, 0.5) is 17.1 Å². The molecule has 0 aliphatic rings. The minimum atomic E-state index is 1.13. The zero-order valence-electron chi connectivity index (χ0n) is 22.9. The topological polar surface area (TPSA) is 7.65 Å². The molecule has 0 aliphatic heterocycles. The van der Waals surface area contributed by atoms with Gasteiger partial charge in [0, 0.05) is 38.6 Å². The maximum atomic E-state index is 2.47. The Labute approximate surface area is 243 Å². The highest BCUT2D eigenvalue weighted by Gasteiger charge is 2.20. The number of pyridine rings is 1. The van der Waals surface area contributed by atoms with E-state index in [1.54, 1.807) is 0 Å². The van der Waals surface area contributed by atoms with Crippen molar-refractivity contribution in [1.82, 2.24) is 4.40 Å².